The van der Waals surface area contributed by atoms with E-state index in [4.69, 9.17) is 0 Å². The first kappa shape index (κ1) is 8.27. The number of hydrogen-bond acceptors (Lipinski definition) is 2. The smallest absolute Gasteiger partial charge is 0.0998 e. The molecule has 0 saturated heterocycles. The van der Waals surface area contributed by atoms with Crippen molar-refractivity contribution >= 4 is 0 Å². The van der Waals surface area contributed by atoms with Gasteiger partial charge in [-0.1, -0.05) is 13.8 Å². The Hall–Kier alpha value is -0.830. The molecule has 1 heterocycles. The highest BCUT2D eigenvalue weighted by Gasteiger charge is 2.13. The first-order chi connectivity index (χ1) is 5.11. The number of rotatable bonds is 2. The zero-order chi connectivity index (χ0) is 8.43. The van der Waals surface area contributed by atoms with Gasteiger partial charge in [-0.05, 0) is 5.92 Å². The third kappa shape index (κ3) is 1.80. The van der Waals surface area contributed by atoms with Crippen LogP contribution in [0.3, 0.4) is 0 Å². The van der Waals surface area contributed by atoms with E-state index in [0.29, 0.717) is 0 Å². The van der Waals surface area contributed by atoms with Gasteiger partial charge in [-0.2, -0.15) is 0 Å². The van der Waals surface area contributed by atoms with Crippen molar-refractivity contribution in [3.63, 3.8) is 0 Å². The molecule has 0 radical (unpaired) electrons. The van der Waals surface area contributed by atoms with Crippen LogP contribution in [0.25, 0.3) is 0 Å². The number of hydrogen-bond donors (Lipinski definition) is 1. The Morgan fingerprint density at radius 2 is 2.18 bits per heavy atom. The molecule has 0 aliphatic heterocycles. The van der Waals surface area contributed by atoms with Crippen LogP contribution in [0.5, 0.6) is 0 Å². The van der Waals surface area contributed by atoms with Gasteiger partial charge in [0.25, 0.3) is 0 Å². The number of aryl methyl sites for hydroxylation is 1. The van der Waals surface area contributed by atoms with Gasteiger partial charge in [-0.15, -0.1) is 0 Å². The maximum absolute atomic E-state index is 9.54. The van der Waals surface area contributed by atoms with Crippen molar-refractivity contribution in [1.29, 1.82) is 0 Å². The number of aliphatic hydroxyl groups excluding tert-OH is 1. The van der Waals surface area contributed by atoms with Gasteiger partial charge in [0.05, 0.1) is 18.1 Å². The summed E-state index contributed by atoms with van der Waals surface area (Å²) in [6.07, 6.45) is 3.10. The molecule has 0 amide bonds. The molecule has 0 aliphatic carbocycles. The molecule has 1 atom stereocenters. The lowest BCUT2D eigenvalue weighted by atomic mass is 10.1. The maximum Gasteiger partial charge on any atom is 0.0998 e. The molecule has 0 bridgehead atoms. The summed E-state index contributed by atoms with van der Waals surface area (Å²) in [6, 6.07) is 0. The molecule has 1 aromatic rings. The minimum absolute atomic E-state index is 0.227. The highest BCUT2D eigenvalue weighted by molar-refractivity contribution is 5.01. The van der Waals surface area contributed by atoms with E-state index in [-0.39, 0.29) is 5.92 Å². The first-order valence-corrected chi connectivity index (χ1v) is 3.77. The molecular formula is C8H14N2O. The standard InChI is InChI=1S/C8H14N2O/c1-6(2)8(11)7-4-10(3)5-9-7/h4-6,8,11H,1-3H3/t8-/m1/s1. The van der Waals surface area contributed by atoms with E-state index >= 15 is 0 Å². The quantitative estimate of drug-likeness (QED) is 0.693. The molecule has 11 heavy (non-hydrogen) atoms. The van der Waals surface area contributed by atoms with Crippen LogP contribution in [0.15, 0.2) is 12.5 Å². The van der Waals surface area contributed by atoms with Gasteiger partial charge < -0.3 is 9.67 Å². The Morgan fingerprint density at radius 1 is 1.55 bits per heavy atom. The summed E-state index contributed by atoms with van der Waals surface area (Å²) in [5.74, 6) is 0.227. The minimum atomic E-state index is -0.434. The number of aliphatic hydroxyl groups is 1. The zero-order valence-corrected chi connectivity index (χ0v) is 7.15. The Labute approximate surface area is 66.7 Å². The molecule has 1 N–H and O–H groups in total. The summed E-state index contributed by atoms with van der Waals surface area (Å²) < 4.78 is 1.83. The number of imidazole rings is 1. The molecule has 0 fully saturated rings. The highest BCUT2D eigenvalue weighted by Crippen LogP contribution is 2.18. The molecule has 1 rings (SSSR count). The fourth-order valence-corrected chi connectivity index (χ4v) is 0.927. The normalized spacial score (nSPS) is 13.9. The Bertz CT molecular complexity index is 230. The van der Waals surface area contributed by atoms with Gasteiger partial charge in [0.1, 0.15) is 0 Å². The topological polar surface area (TPSA) is 38.0 Å². The average Bonchev–Trinajstić information content (AvgIpc) is 2.34. The Morgan fingerprint density at radius 3 is 2.55 bits per heavy atom. The monoisotopic (exact) mass is 154 g/mol. The molecule has 0 saturated carbocycles. The largest absolute Gasteiger partial charge is 0.386 e. The molecule has 0 aromatic carbocycles. The van der Waals surface area contributed by atoms with Crippen LogP contribution in [-0.4, -0.2) is 14.7 Å². The van der Waals surface area contributed by atoms with Crippen LogP contribution >= 0.6 is 0 Å². The van der Waals surface area contributed by atoms with Crippen LogP contribution in [0, 0.1) is 5.92 Å². The van der Waals surface area contributed by atoms with Crippen molar-refractivity contribution in [3.8, 4) is 0 Å². The van der Waals surface area contributed by atoms with Gasteiger partial charge in [-0.3, -0.25) is 0 Å². The lowest BCUT2D eigenvalue weighted by Gasteiger charge is -2.10. The van der Waals surface area contributed by atoms with Gasteiger partial charge in [0, 0.05) is 13.2 Å². The fraction of sp³-hybridized carbons (Fsp3) is 0.625. The lowest BCUT2D eigenvalue weighted by molar-refractivity contribution is 0.123. The molecule has 3 heteroatoms. The van der Waals surface area contributed by atoms with Crippen LogP contribution in [0.2, 0.25) is 0 Å². The fourth-order valence-electron chi connectivity index (χ4n) is 0.927. The first-order valence-electron chi connectivity index (χ1n) is 3.77. The van der Waals surface area contributed by atoms with Crippen molar-refractivity contribution in [2.24, 2.45) is 13.0 Å². The summed E-state index contributed by atoms with van der Waals surface area (Å²) in [5.41, 5.74) is 0.752. The van der Waals surface area contributed by atoms with Crippen molar-refractivity contribution < 1.29 is 5.11 Å². The SMILES string of the molecule is CC(C)[C@@H](O)c1cn(C)cn1. The third-order valence-electron chi connectivity index (χ3n) is 1.66. The second-order valence-corrected chi connectivity index (χ2v) is 3.15. The Balaban J connectivity index is 2.76. The van der Waals surface area contributed by atoms with Crippen molar-refractivity contribution in [2.45, 2.75) is 20.0 Å². The van der Waals surface area contributed by atoms with E-state index < -0.39 is 6.10 Å². The summed E-state index contributed by atoms with van der Waals surface area (Å²) in [7, 11) is 1.89. The summed E-state index contributed by atoms with van der Waals surface area (Å²) in [5, 5.41) is 9.54. The van der Waals surface area contributed by atoms with Gasteiger partial charge in [0.2, 0.25) is 0 Å². The molecular weight excluding hydrogens is 140 g/mol. The van der Waals surface area contributed by atoms with Gasteiger partial charge >= 0.3 is 0 Å². The van der Waals surface area contributed by atoms with E-state index in [1.165, 1.54) is 0 Å². The van der Waals surface area contributed by atoms with E-state index in [0.717, 1.165) is 5.69 Å². The molecule has 0 spiro atoms. The molecule has 1 aromatic heterocycles. The van der Waals surface area contributed by atoms with Crippen molar-refractivity contribution in [2.75, 3.05) is 0 Å². The third-order valence-corrected chi connectivity index (χ3v) is 1.66. The minimum Gasteiger partial charge on any atom is -0.386 e. The number of aromatic nitrogens is 2. The van der Waals surface area contributed by atoms with Gasteiger partial charge in [0.15, 0.2) is 0 Å². The average molecular weight is 154 g/mol. The van der Waals surface area contributed by atoms with Gasteiger partial charge in [-0.25, -0.2) is 4.98 Å². The Kier molecular flexibility index (Phi) is 2.29. The maximum atomic E-state index is 9.54. The lowest BCUT2D eigenvalue weighted by Crippen LogP contribution is -2.05. The van der Waals surface area contributed by atoms with Crippen LogP contribution in [0.1, 0.15) is 25.6 Å². The van der Waals surface area contributed by atoms with Crippen LogP contribution in [0.4, 0.5) is 0 Å². The van der Waals surface area contributed by atoms with E-state index in [1.807, 2.05) is 31.7 Å². The van der Waals surface area contributed by atoms with Crippen molar-refractivity contribution in [1.82, 2.24) is 9.55 Å². The van der Waals surface area contributed by atoms with E-state index in [9.17, 15) is 5.11 Å². The predicted molar refractivity (Wildman–Crippen MR) is 43.0 cm³/mol. The molecule has 3 nitrogen and oxygen atoms in total. The predicted octanol–water partition coefficient (Wildman–Crippen LogP) is 1.11. The summed E-state index contributed by atoms with van der Waals surface area (Å²) >= 11 is 0. The highest BCUT2D eigenvalue weighted by atomic mass is 16.3. The van der Waals surface area contributed by atoms with Crippen LogP contribution < -0.4 is 0 Å². The molecule has 62 valence electrons. The second kappa shape index (κ2) is 3.05. The van der Waals surface area contributed by atoms with Crippen molar-refractivity contribution in [3.05, 3.63) is 18.2 Å². The van der Waals surface area contributed by atoms with E-state index in [2.05, 4.69) is 4.98 Å². The second-order valence-electron chi connectivity index (χ2n) is 3.15. The molecule has 0 unspecified atom stereocenters. The summed E-state index contributed by atoms with van der Waals surface area (Å²) in [6.45, 7) is 3.94. The number of nitrogens with zero attached hydrogens (tertiary/aromatic N) is 2. The van der Waals surface area contributed by atoms with Crippen LogP contribution in [-0.2, 0) is 7.05 Å². The summed E-state index contributed by atoms with van der Waals surface area (Å²) in [4.78, 5) is 4.05. The zero-order valence-electron chi connectivity index (χ0n) is 7.15. The van der Waals surface area contributed by atoms with E-state index in [1.54, 1.807) is 6.33 Å². The molecule has 0 aliphatic rings.